The lowest BCUT2D eigenvalue weighted by atomic mass is 9.87. The van der Waals surface area contributed by atoms with Gasteiger partial charge in [0.1, 0.15) is 0 Å². The number of hydrogen-bond donors (Lipinski definition) is 0. The van der Waals surface area contributed by atoms with E-state index in [1.165, 1.54) is 12.6 Å². The molecular weight excluding hydrogens is 203 g/mol. The molecule has 0 aromatic carbocycles. The Morgan fingerprint density at radius 1 is 1.29 bits per heavy atom. The normalized spacial score (nSPS) is 18.4. The molecule has 0 spiro atoms. The van der Waals surface area contributed by atoms with E-state index in [4.69, 9.17) is 11.6 Å². The van der Waals surface area contributed by atoms with Crippen molar-refractivity contribution in [2.45, 2.75) is 38.0 Å². The van der Waals surface area contributed by atoms with Crippen molar-refractivity contribution in [1.82, 2.24) is 9.97 Å². The second-order valence-electron chi connectivity index (χ2n) is 3.71. The van der Waals surface area contributed by atoms with Gasteiger partial charge in [-0.2, -0.15) is 0 Å². The van der Waals surface area contributed by atoms with Crippen LogP contribution in [0, 0.1) is 5.82 Å². The highest BCUT2D eigenvalue weighted by Crippen LogP contribution is 2.32. The Morgan fingerprint density at radius 3 is 2.71 bits per heavy atom. The van der Waals surface area contributed by atoms with E-state index in [0.717, 1.165) is 25.7 Å². The summed E-state index contributed by atoms with van der Waals surface area (Å²) in [5, 5.41) is 0.145. The van der Waals surface area contributed by atoms with Crippen LogP contribution >= 0.6 is 11.6 Å². The van der Waals surface area contributed by atoms with Gasteiger partial charge in [-0.15, -0.1) is 0 Å². The molecule has 0 N–H and O–H groups in total. The third kappa shape index (κ3) is 2.03. The van der Waals surface area contributed by atoms with Gasteiger partial charge in [-0.25, -0.2) is 14.4 Å². The van der Waals surface area contributed by atoms with E-state index < -0.39 is 0 Å². The molecule has 1 aromatic rings. The van der Waals surface area contributed by atoms with Gasteiger partial charge in [-0.1, -0.05) is 19.3 Å². The maximum atomic E-state index is 13.4. The predicted octanol–water partition coefficient (Wildman–Crippen LogP) is 3.32. The number of nitrogens with zero attached hydrogens (tertiary/aromatic N) is 2. The lowest BCUT2D eigenvalue weighted by molar-refractivity contribution is 0.419. The molecule has 0 unspecified atom stereocenters. The summed E-state index contributed by atoms with van der Waals surface area (Å²) in [6.45, 7) is 0. The van der Waals surface area contributed by atoms with Crippen LogP contribution in [0.5, 0.6) is 0 Å². The van der Waals surface area contributed by atoms with Crippen molar-refractivity contribution in [3.8, 4) is 0 Å². The van der Waals surface area contributed by atoms with Crippen molar-refractivity contribution < 1.29 is 4.39 Å². The van der Waals surface area contributed by atoms with E-state index in [-0.39, 0.29) is 17.0 Å². The molecule has 0 saturated heterocycles. The van der Waals surface area contributed by atoms with Crippen molar-refractivity contribution in [3.05, 3.63) is 23.0 Å². The number of rotatable bonds is 1. The van der Waals surface area contributed by atoms with Gasteiger partial charge in [0.2, 0.25) is 5.28 Å². The first-order valence-electron chi connectivity index (χ1n) is 4.95. The molecule has 2 rings (SSSR count). The van der Waals surface area contributed by atoms with Gasteiger partial charge in [-0.05, 0) is 24.4 Å². The van der Waals surface area contributed by atoms with Gasteiger partial charge in [0.05, 0.1) is 11.9 Å². The Bertz CT molecular complexity index is 324. The molecule has 0 aliphatic heterocycles. The van der Waals surface area contributed by atoms with Crippen molar-refractivity contribution in [1.29, 1.82) is 0 Å². The highest BCUT2D eigenvalue weighted by Gasteiger charge is 2.20. The van der Waals surface area contributed by atoms with E-state index in [1.807, 2.05) is 0 Å². The Balaban J connectivity index is 2.24. The van der Waals surface area contributed by atoms with Crippen LogP contribution in [0.25, 0.3) is 0 Å². The van der Waals surface area contributed by atoms with Gasteiger partial charge in [0.25, 0.3) is 0 Å². The second kappa shape index (κ2) is 4.22. The van der Waals surface area contributed by atoms with Gasteiger partial charge in [0, 0.05) is 5.92 Å². The minimum absolute atomic E-state index is 0.145. The molecule has 76 valence electrons. The Kier molecular flexibility index (Phi) is 2.96. The summed E-state index contributed by atoms with van der Waals surface area (Å²) in [6, 6.07) is 0. The molecule has 0 atom stereocenters. The van der Waals surface area contributed by atoms with E-state index in [2.05, 4.69) is 9.97 Å². The highest BCUT2D eigenvalue weighted by atomic mass is 35.5. The first-order valence-corrected chi connectivity index (χ1v) is 5.33. The third-order valence-electron chi connectivity index (χ3n) is 2.73. The first kappa shape index (κ1) is 9.84. The van der Waals surface area contributed by atoms with Crippen LogP contribution in [0.2, 0.25) is 5.28 Å². The fraction of sp³-hybridized carbons (Fsp3) is 0.600. The average molecular weight is 215 g/mol. The van der Waals surface area contributed by atoms with Crippen molar-refractivity contribution in [2.75, 3.05) is 0 Å². The highest BCUT2D eigenvalue weighted by molar-refractivity contribution is 6.28. The van der Waals surface area contributed by atoms with Crippen LogP contribution in [0.15, 0.2) is 6.20 Å². The molecule has 1 aliphatic carbocycles. The standard InChI is InChI=1S/C10H12ClFN2/c11-10-13-6-8(12)9(14-10)7-4-2-1-3-5-7/h6-7H,1-5H2. The zero-order valence-corrected chi connectivity index (χ0v) is 8.60. The molecule has 1 fully saturated rings. The van der Waals surface area contributed by atoms with Crippen molar-refractivity contribution in [2.24, 2.45) is 0 Å². The predicted molar refractivity (Wildman–Crippen MR) is 52.8 cm³/mol. The van der Waals surface area contributed by atoms with Crippen molar-refractivity contribution in [3.63, 3.8) is 0 Å². The summed E-state index contributed by atoms with van der Waals surface area (Å²) >= 11 is 5.65. The fourth-order valence-electron chi connectivity index (χ4n) is 2.02. The molecule has 1 heterocycles. The number of aromatic nitrogens is 2. The van der Waals surface area contributed by atoms with E-state index in [1.54, 1.807) is 0 Å². The summed E-state index contributed by atoms with van der Waals surface area (Å²) in [6.07, 6.45) is 6.77. The Hall–Kier alpha value is -0.700. The molecule has 0 bridgehead atoms. The number of halogens is 2. The summed E-state index contributed by atoms with van der Waals surface area (Å²) in [7, 11) is 0. The molecular formula is C10H12ClFN2. The van der Waals surface area contributed by atoms with Crippen molar-refractivity contribution >= 4 is 11.6 Å². The lowest BCUT2D eigenvalue weighted by Gasteiger charge is -2.21. The smallest absolute Gasteiger partial charge is 0.222 e. The summed E-state index contributed by atoms with van der Waals surface area (Å²) in [5.41, 5.74) is 0.504. The second-order valence-corrected chi connectivity index (χ2v) is 4.05. The molecule has 0 amide bonds. The third-order valence-corrected chi connectivity index (χ3v) is 2.92. The molecule has 1 saturated carbocycles. The Morgan fingerprint density at radius 2 is 2.00 bits per heavy atom. The van der Waals surface area contributed by atoms with E-state index >= 15 is 0 Å². The van der Waals surface area contributed by atoms with E-state index in [0.29, 0.717) is 5.69 Å². The van der Waals surface area contributed by atoms with Gasteiger partial charge in [-0.3, -0.25) is 0 Å². The SMILES string of the molecule is Fc1cnc(Cl)nc1C1CCCCC1. The topological polar surface area (TPSA) is 25.8 Å². The molecule has 2 nitrogen and oxygen atoms in total. The quantitative estimate of drug-likeness (QED) is 0.671. The van der Waals surface area contributed by atoms with Crippen LogP contribution in [-0.2, 0) is 0 Å². The fourth-order valence-corrected chi connectivity index (χ4v) is 2.16. The molecule has 1 aliphatic rings. The van der Waals surface area contributed by atoms with E-state index in [9.17, 15) is 4.39 Å². The average Bonchev–Trinajstić information content (AvgIpc) is 2.23. The van der Waals surface area contributed by atoms with Crippen LogP contribution in [-0.4, -0.2) is 9.97 Å². The first-order chi connectivity index (χ1) is 6.77. The maximum absolute atomic E-state index is 13.4. The molecule has 0 radical (unpaired) electrons. The van der Waals surface area contributed by atoms with Crippen LogP contribution in [0.1, 0.15) is 43.7 Å². The monoisotopic (exact) mass is 214 g/mol. The molecule has 14 heavy (non-hydrogen) atoms. The molecule has 4 heteroatoms. The Labute approximate surface area is 87.5 Å². The maximum Gasteiger partial charge on any atom is 0.222 e. The minimum Gasteiger partial charge on any atom is -0.223 e. The van der Waals surface area contributed by atoms with Gasteiger partial charge < -0.3 is 0 Å². The van der Waals surface area contributed by atoms with Crippen LogP contribution < -0.4 is 0 Å². The van der Waals surface area contributed by atoms with Gasteiger partial charge >= 0.3 is 0 Å². The largest absolute Gasteiger partial charge is 0.223 e. The summed E-state index contributed by atoms with van der Waals surface area (Å²) in [5.74, 6) is -0.0782. The molecule has 1 aromatic heterocycles. The van der Waals surface area contributed by atoms with Crippen LogP contribution in [0.4, 0.5) is 4.39 Å². The zero-order chi connectivity index (χ0) is 9.97. The zero-order valence-electron chi connectivity index (χ0n) is 7.84. The summed E-state index contributed by atoms with van der Waals surface area (Å²) in [4.78, 5) is 7.59. The minimum atomic E-state index is -0.318. The summed E-state index contributed by atoms with van der Waals surface area (Å²) < 4.78 is 13.4. The van der Waals surface area contributed by atoms with Crippen LogP contribution in [0.3, 0.4) is 0 Å². The number of hydrogen-bond acceptors (Lipinski definition) is 2. The van der Waals surface area contributed by atoms with Gasteiger partial charge in [0.15, 0.2) is 5.82 Å². The lowest BCUT2D eigenvalue weighted by Crippen LogP contribution is -2.09.